The van der Waals surface area contributed by atoms with E-state index in [0.29, 0.717) is 22.5 Å². The van der Waals surface area contributed by atoms with Crippen LogP contribution in [0.4, 0.5) is 0 Å². The number of amides is 1. The molecule has 0 saturated heterocycles. The van der Waals surface area contributed by atoms with Crippen LogP contribution in [0.15, 0.2) is 33.5 Å². The summed E-state index contributed by atoms with van der Waals surface area (Å²) in [5.41, 5.74) is 0.260. The lowest BCUT2D eigenvalue weighted by Gasteiger charge is -2.23. The first-order valence-corrected chi connectivity index (χ1v) is 7.86. The van der Waals surface area contributed by atoms with Crippen LogP contribution in [-0.4, -0.2) is 12.5 Å². The van der Waals surface area contributed by atoms with E-state index in [2.05, 4.69) is 12.2 Å². The number of hydrogen-bond donors (Lipinski definition) is 1. The van der Waals surface area contributed by atoms with E-state index >= 15 is 0 Å². The molecule has 1 N–H and O–H groups in total. The summed E-state index contributed by atoms with van der Waals surface area (Å²) in [6, 6.07) is 6.01. The second-order valence-electron chi connectivity index (χ2n) is 6.32. The van der Waals surface area contributed by atoms with Gasteiger partial charge in [0.05, 0.1) is 5.39 Å². The van der Waals surface area contributed by atoms with Gasteiger partial charge in [0.1, 0.15) is 5.58 Å². The van der Waals surface area contributed by atoms with E-state index in [1.165, 1.54) is 18.9 Å². The fraction of sp³-hybridized carbons (Fsp3) is 0.412. The van der Waals surface area contributed by atoms with Gasteiger partial charge in [-0.25, -0.2) is 0 Å². The average Bonchev–Trinajstić information content (AvgIpc) is 2.92. The fourth-order valence-corrected chi connectivity index (χ4v) is 3.20. The Kier molecular flexibility index (Phi) is 3.96. The van der Waals surface area contributed by atoms with E-state index in [1.807, 2.05) is 0 Å². The zero-order chi connectivity index (χ0) is 15.7. The summed E-state index contributed by atoms with van der Waals surface area (Å²) in [6.45, 7) is 2.78. The summed E-state index contributed by atoms with van der Waals surface area (Å²) in [7, 11) is 0. The molecule has 1 aromatic heterocycles. The van der Waals surface area contributed by atoms with Gasteiger partial charge >= 0.3 is 0 Å². The van der Waals surface area contributed by atoms with Gasteiger partial charge in [-0.05, 0) is 36.5 Å². The molecule has 0 bridgehead atoms. The highest BCUT2D eigenvalue weighted by molar-refractivity contribution is 6.31. The van der Waals surface area contributed by atoms with Crippen molar-refractivity contribution in [2.75, 3.05) is 6.54 Å². The zero-order valence-corrected chi connectivity index (χ0v) is 13.2. The third-order valence-corrected chi connectivity index (χ3v) is 4.63. The van der Waals surface area contributed by atoms with Crippen LogP contribution in [0.5, 0.6) is 0 Å². The molecular formula is C17H18ClNO3. The quantitative estimate of drug-likeness (QED) is 0.937. The molecule has 1 aromatic carbocycles. The van der Waals surface area contributed by atoms with Crippen LogP contribution in [0.2, 0.25) is 5.02 Å². The molecule has 1 aliphatic rings. The number of nitrogens with one attached hydrogen (secondary N) is 1. The van der Waals surface area contributed by atoms with Gasteiger partial charge in [0, 0.05) is 17.6 Å². The summed E-state index contributed by atoms with van der Waals surface area (Å²) in [6.07, 6.45) is 4.65. The number of fused-ring (bicyclic) bond motifs is 1. The van der Waals surface area contributed by atoms with Crippen molar-refractivity contribution in [3.8, 4) is 0 Å². The van der Waals surface area contributed by atoms with Gasteiger partial charge in [-0.3, -0.25) is 9.59 Å². The van der Waals surface area contributed by atoms with Crippen molar-refractivity contribution in [2.45, 2.75) is 32.6 Å². The lowest BCUT2D eigenvalue weighted by Crippen LogP contribution is -2.34. The summed E-state index contributed by atoms with van der Waals surface area (Å²) in [5.74, 6) is -0.302. The van der Waals surface area contributed by atoms with Crippen molar-refractivity contribution in [1.29, 1.82) is 0 Å². The van der Waals surface area contributed by atoms with Crippen molar-refractivity contribution >= 4 is 28.5 Å². The molecule has 0 aliphatic heterocycles. The normalized spacial score (nSPS) is 16.8. The molecule has 116 valence electrons. The Morgan fingerprint density at radius 2 is 2.05 bits per heavy atom. The lowest BCUT2D eigenvalue weighted by atomic mass is 9.89. The van der Waals surface area contributed by atoms with E-state index in [1.54, 1.807) is 18.2 Å². The van der Waals surface area contributed by atoms with E-state index in [0.717, 1.165) is 12.8 Å². The average molecular weight is 320 g/mol. The molecule has 22 heavy (non-hydrogen) atoms. The minimum atomic E-state index is -0.345. The topological polar surface area (TPSA) is 59.3 Å². The highest BCUT2D eigenvalue weighted by atomic mass is 35.5. The molecule has 1 aliphatic carbocycles. The Morgan fingerprint density at radius 1 is 1.32 bits per heavy atom. The Labute approximate surface area is 133 Å². The summed E-state index contributed by atoms with van der Waals surface area (Å²) in [5, 5.41) is 3.73. The third kappa shape index (κ3) is 3.02. The van der Waals surface area contributed by atoms with E-state index in [4.69, 9.17) is 16.0 Å². The maximum Gasteiger partial charge on any atom is 0.287 e. The van der Waals surface area contributed by atoms with Crippen molar-refractivity contribution in [3.05, 3.63) is 45.3 Å². The molecule has 4 nitrogen and oxygen atoms in total. The van der Waals surface area contributed by atoms with Gasteiger partial charge in [-0.1, -0.05) is 31.4 Å². The van der Waals surface area contributed by atoms with Gasteiger partial charge in [0.15, 0.2) is 11.2 Å². The lowest BCUT2D eigenvalue weighted by molar-refractivity contribution is 0.0907. The molecule has 0 spiro atoms. The second-order valence-corrected chi connectivity index (χ2v) is 6.75. The maximum absolute atomic E-state index is 12.2. The monoisotopic (exact) mass is 319 g/mol. The predicted molar refractivity (Wildman–Crippen MR) is 86.4 cm³/mol. The van der Waals surface area contributed by atoms with Crippen molar-refractivity contribution in [2.24, 2.45) is 5.41 Å². The first kappa shape index (κ1) is 15.1. The van der Waals surface area contributed by atoms with Gasteiger partial charge in [0.2, 0.25) is 0 Å². The zero-order valence-electron chi connectivity index (χ0n) is 12.4. The van der Waals surface area contributed by atoms with Gasteiger partial charge in [-0.2, -0.15) is 0 Å². The van der Waals surface area contributed by atoms with Crippen LogP contribution in [0.1, 0.15) is 43.2 Å². The van der Waals surface area contributed by atoms with Crippen LogP contribution in [0.3, 0.4) is 0 Å². The van der Waals surface area contributed by atoms with E-state index in [9.17, 15) is 9.59 Å². The Hall–Kier alpha value is -1.81. The molecule has 0 radical (unpaired) electrons. The van der Waals surface area contributed by atoms with Crippen LogP contribution in [-0.2, 0) is 0 Å². The van der Waals surface area contributed by atoms with Crippen LogP contribution in [0, 0.1) is 5.41 Å². The number of benzene rings is 1. The maximum atomic E-state index is 12.2. The molecule has 5 heteroatoms. The molecule has 1 amide bonds. The number of rotatable bonds is 3. The van der Waals surface area contributed by atoms with Crippen molar-refractivity contribution in [1.82, 2.24) is 5.32 Å². The van der Waals surface area contributed by atoms with Crippen molar-refractivity contribution in [3.63, 3.8) is 0 Å². The summed E-state index contributed by atoms with van der Waals surface area (Å²) >= 11 is 5.87. The minimum Gasteiger partial charge on any atom is -0.451 e. The Balaban J connectivity index is 1.82. The molecule has 0 unspecified atom stereocenters. The van der Waals surface area contributed by atoms with E-state index < -0.39 is 0 Å². The molecule has 2 aromatic rings. The fourth-order valence-electron chi connectivity index (χ4n) is 3.03. The SMILES string of the molecule is CC1(CNC(=O)c2cc(=O)c3cc(Cl)ccc3o2)CCCC1. The van der Waals surface area contributed by atoms with Gasteiger partial charge in [-0.15, -0.1) is 0 Å². The number of halogens is 1. The van der Waals surface area contributed by atoms with Crippen LogP contribution < -0.4 is 10.7 Å². The smallest absolute Gasteiger partial charge is 0.287 e. The molecule has 1 heterocycles. The highest BCUT2D eigenvalue weighted by Crippen LogP contribution is 2.36. The first-order chi connectivity index (χ1) is 10.5. The largest absolute Gasteiger partial charge is 0.451 e. The first-order valence-electron chi connectivity index (χ1n) is 7.49. The molecule has 0 atom stereocenters. The van der Waals surface area contributed by atoms with Gasteiger partial charge in [0.25, 0.3) is 5.91 Å². The number of carbonyl (C=O) groups excluding carboxylic acids is 1. The predicted octanol–water partition coefficient (Wildman–Crippen LogP) is 3.76. The summed E-state index contributed by atoms with van der Waals surface area (Å²) in [4.78, 5) is 24.3. The standard InChI is InChI=1S/C17H18ClNO3/c1-17(6-2-3-7-17)10-19-16(21)15-9-13(20)12-8-11(18)4-5-14(12)22-15/h4-5,8-9H,2-3,6-7,10H2,1H3,(H,19,21). The molecule has 3 rings (SSSR count). The molecule has 1 fully saturated rings. The summed E-state index contributed by atoms with van der Waals surface area (Å²) < 4.78 is 5.54. The van der Waals surface area contributed by atoms with Crippen molar-refractivity contribution < 1.29 is 9.21 Å². The van der Waals surface area contributed by atoms with Crippen LogP contribution >= 0.6 is 11.6 Å². The third-order valence-electron chi connectivity index (χ3n) is 4.40. The minimum absolute atomic E-state index is 0.0430. The number of carbonyl (C=O) groups is 1. The van der Waals surface area contributed by atoms with Gasteiger partial charge < -0.3 is 9.73 Å². The second kappa shape index (κ2) is 5.76. The molecule has 1 saturated carbocycles. The van der Waals surface area contributed by atoms with E-state index in [-0.39, 0.29) is 22.5 Å². The highest BCUT2D eigenvalue weighted by Gasteiger charge is 2.29. The number of hydrogen-bond acceptors (Lipinski definition) is 3. The molecular weight excluding hydrogens is 302 g/mol. The van der Waals surface area contributed by atoms with Crippen LogP contribution in [0.25, 0.3) is 11.0 Å². The Bertz CT molecular complexity index is 775. The Morgan fingerprint density at radius 3 is 2.77 bits per heavy atom.